The van der Waals surface area contributed by atoms with Crippen LogP contribution >= 0.6 is 11.6 Å². The van der Waals surface area contributed by atoms with E-state index in [-0.39, 0.29) is 29.5 Å². The van der Waals surface area contributed by atoms with E-state index in [0.717, 1.165) is 6.07 Å². The molecule has 13 heteroatoms. The smallest absolute Gasteiger partial charge is 0.408 e. The van der Waals surface area contributed by atoms with Crippen LogP contribution in [0.4, 0.5) is 14.9 Å². The van der Waals surface area contributed by atoms with Crippen LogP contribution < -0.4 is 10.2 Å². The highest BCUT2D eigenvalue weighted by atomic mass is 35.5. The van der Waals surface area contributed by atoms with Gasteiger partial charge in [0.2, 0.25) is 11.7 Å². The Bertz CT molecular complexity index is 1560. The molecule has 0 fully saturated rings. The Morgan fingerprint density at radius 1 is 1.18 bits per heavy atom. The van der Waals surface area contributed by atoms with Crippen LogP contribution in [-0.2, 0) is 31.3 Å². The van der Waals surface area contributed by atoms with Gasteiger partial charge in [0.05, 0.1) is 28.4 Å². The molecule has 0 unspecified atom stereocenters. The summed E-state index contributed by atoms with van der Waals surface area (Å²) < 4.78 is 53.0. The van der Waals surface area contributed by atoms with E-state index >= 15 is 4.39 Å². The number of aromatic nitrogens is 2. The lowest BCUT2D eigenvalue weighted by atomic mass is 9.97. The monoisotopic (exact) mass is 592 g/mol. The Kier molecular flexibility index (Phi) is 7.72. The Morgan fingerprint density at radius 2 is 1.82 bits per heavy atom. The fourth-order valence-corrected chi connectivity index (χ4v) is 5.73. The fourth-order valence-electron chi connectivity index (χ4n) is 3.99. The largest absolute Gasteiger partial charge is 0.444 e. The van der Waals surface area contributed by atoms with Crippen molar-refractivity contribution in [1.29, 1.82) is 0 Å². The summed E-state index contributed by atoms with van der Waals surface area (Å²) in [6, 6.07) is 7.12. The highest BCUT2D eigenvalue weighted by Gasteiger charge is 2.40. The van der Waals surface area contributed by atoms with E-state index in [1.807, 2.05) is 20.8 Å². The molecule has 10 nitrogen and oxygen atoms in total. The summed E-state index contributed by atoms with van der Waals surface area (Å²) in [6.07, 6.45) is -0.966. The molecule has 1 aromatic heterocycles. The molecule has 1 atom stereocenters. The number of hydrogen-bond donors (Lipinski definition) is 1. The lowest BCUT2D eigenvalue weighted by Crippen LogP contribution is -2.51. The van der Waals surface area contributed by atoms with Gasteiger partial charge in [-0.2, -0.15) is 4.98 Å². The maximum Gasteiger partial charge on any atom is 0.408 e. The first kappa shape index (κ1) is 29.5. The van der Waals surface area contributed by atoms with Gasteiger partial charge in [-0.05, 0) is 50.6 Å². The van der Waals surface area contributed by atoms with Crippen molar-refractivity contribution in [3.05, 3.63) is 58.7 Å². The summed E-state index contributed by atoms with van der Waals surface area (Å²) in [7, 11) is -4.28. The molecule has 0 saturated carbocycles. The number of benzene rings is 2. The molecule has 0 bridgehead atoms. The maximum absolute atomic E-state index is 15.4. The number of halogens is 2. The van der Waals surface area contributed by atoms with Crippen LogP contribution in [-0.4, -0.2) is 48.0 Å². The Balaban J connectivity index is 1.85. The third kappa shape index (κ3) is 6.44. The van der Waals surface area contributed by atoms with Crippen molar-refractivity contribution < 1.29 is 31.7 Å². The summed E-state index contributed by atoms with van der Waals surface area (Å²) in [5, 5.41) is 6.72. The number of anilines is 1. The molecule has 1 N–H and O–H groups in total. The quantitative estimate of drug-likeness (QED) is 0.446. The summed E-state index contributed by atoms with van der Waals surface area (Å²) in [6.45, 7) is 10.3. The second kappa shape index (κ2) is 10.5. The van der Waals surface area contributed by atoms with E-state index in [2.05, 4.69) is 15.5 Å². The van der Waals surface area contributed by atoms with E-state index in [0.29, 0.717) is 10.6 Å². The summed E-state index contributed by atoms with van der Waals surface area (Å²) in [5.41, 5.74) is -1.04. The SMILES string of the molecule is CC(C)(C)OC(=O)N[C@H]1CS(=O)(=O)c2cc(F)c(-c3noc(C(C)(C)C)n3)cc2N(Cc2ccc(Cl)cc2)C1=O. The molecule has 0 radical (unpaired) electrons. The molecular formula is C27H30ClFN4O6S. The number of amides is 2. The minimum absolute atomic E-state index is 0.0908. The van der Waals surface area contributed by atoms with Crippen LogP contribution in [0.2, 0.25) is 5.02 Å². The van der Waals surface area contributed by atoms with Gasteiger partial charge >= 0.3 is 6.09 Å². The first-order chi connectivity index (χ1) is 18.4. The zero-order valence-corrected chi connectivity index (χ0v) is 24.5. The van der Waals surface area contributed by atoms with Crippen LogP contribution in [0.5, 0.6) is 0 Å². The topological polar surface area (TPSA) is 132 Å². The van der Waals surface area contributed by atoms with Crippen LogP contribution in [0.25, 0.3) is 11.4 Å². The Morgan fingerprint density at radius 3 is 2.40 bits per heavy atom. The number of rotatable bonds is 4. The van der Waals surface area contributed by atoms with Crippen molar-refractivity contribution >= 4 is 39.1 Å². The molecule has 2 heterocycles. The van der Waals surface area contributed by atoms with Crippen LogP contribution in [0.3, 0.4) is 0 Å². The lowest BCUT2D eigenvalue weighted by Gasteiger charge is -2.27. The van der Waals surface area contributed by atoms with Crippen molar-refractivity contribution in [3.8, 4) is 11.4 Å². The standard InChI is InChI=1S/C27H30ClFN4O6S/c1-26(2,3)24-31-22(32-39-24)17-11-20-21(12-18(17)29)40(36,37)14-19(30-25(35)38-27(4,5)6)23(34)33(20)13-15-7-9-16(28)10-8-15/h7-12,19H,13-14H2,1-6H3,(H,30,35)/t19-/m0/s1. The molecule has 3 aromatic rings. The van der Waals surface area contributed by atoms with Crippen molar-refractivity contribution in [1.82, 2.24) is 15.5 Å². The van der Waals surface area contributed by atoms with E-state index < -0.39 is 55.4 Å². The predicted octanol–water partition coefficient (Wildman–Crippen LogP) is 5.04. The highest BCUT2D eigenvalue weighted by molar-refractivity contribution is 7.91. The third-order valence-corrected chi connectivity index (χ3v) is 7.90. The van der Waals surface area contributed by atoms with Crippen molar-refractivity contribution in [2.45, 2.75) is 70.0 Å². The molecule has 4 rings (SSSR count). The Labute approximate surface area is 236 Å². The van der Waals surface area contributed by atoms with Gasteiger partial charge in [-0.1, -0.05) is 49.7 Å². The summed E-state index contributed by atoms with van der Waals surface area (Å²) >= 11 is 6.02. The van der Waals surface area contributed by atoms with Gasteiger partial charge in [0, 0.05) is 10.4 Å². The number of nitrogens with zero attached hydrogens (tertiary/aromatic N) is 3. The van der Waals surface area contributed by atoms with Gasteiger partial charge in [0.1, 0.15) is 17.5 Å². The van der Waals surface area contributed by atoms with E-state index in [9.17, 15) is 18.0 Å². The van der Waals surface area contributed by atoms with Gasteiger partial charge < -0.3 is 19.5 Å². The maximum atomic E-state index is 15.4. The summed E-state index contributed by atoms with van der Waals surface area (Å²) in [5.74, 6) is -2.30. The van der Waals surface area contributed by atoms with Crippen LogP contribution in [0.15, 0.2) is 45.8 Å². The molecule has 1 aliphatic rings. The van der Waals surface area contributed by atoms with Crippen molar-refractivity contribution in [2.75, 3.05) is 10.7 Å². The fraction of sp³-hybridized carbons (Fsp3) is 0.407. The summed E-state index contributed by atoms with van der Waals surface area (Å²) in [4.78, 5) is 31.5. The van der Waals surface area contributed by atoms with E-state index in [1.54, 1.807) is 45.0 Å². The van der Waals surface area contributed by atoms with Crippen LogP contribution in [0.1, 0.15) is 53.0 Å². The van der Waals surface area contributed by atoms with Gasteiger partial charge in [0.15, 0.2) is 9.84 Å². The number of hydrogen-bond acceptors (Lipinski definition) is 8. The molecule has 40 heavy (non-hydrogen) atoms. The number of ether oxygens (including phenoxy) is 1. The average molecular weight is 593 g/mol. The molecule has 0 spiro atoms. The molecule has 1 aliphatic heterocycles. The minimum Gasteiger partial charge on any atom is -0.444 e. The van der Waals surface area contributed by atoms with Gasteiger partial charge in [-0.15, -0.1) is 0 Å². The van der Waals surface area contributed by atoms with Gasteiger partial charge in [-0.3, -0.25) is 4.79 Å². The second-order valence-corrected chi connectivity index (χ2v) is 13.9. The average Bonchev–Trinajstić information content (AvgIpc) is 3.30. The molecular weight excluding hydrogens is 563 g/mol. The number of nitrogens with one attached hydrogen (secondary N) is 1. The van der Waals surface area contributed by atoms with Gasteiger partial charge in [0.25, 0.3) is 5.91 Å². The number of carbonyl (C=O) groups excluding carboxylic acids is 2. The number of fused-ring (bicyclic) bond motifs is 1. The third-order valence-electron chi connectivity index (χ3n) is 5.88. The number of alkyl carbamates (subject to hydrolysis) is 1. The molecule has 0 saturated heterocycles. The molecule has 2 aromatic carbocycles. The van der Waals surface area contributed by atoms with E-state index in [1.165, 1.54) is 11.0 Å². The molecule has 214 valence electrons. The predicted molar refractivity (Wildman–Crippen MR) is 146 cm³/mol. The number of carbonyl (C=O) groups is 2. The zero-order valence-electron chi connectivity index (χ0n) is 22.9. The van der Waals surface area contributed by atoms with Crippen molar-refractivity contribution in [2.24, 2.45) is 0 Å². The molecule has 2 amide bonds. The lowest BCUT2D eigenvalue weighted by molar-refractivity contribution is -0.120. The first-order valence-electron chi connectivity index (χ1n) is 12.4. The molecule has 0 aliphatic carbocycles. The second-order valence-electron chi connectivity index (χ2n) is 11.5. The minimum atomic E-state index is -4.28. The van der Waals surface area contributed by atoms with Gasteiger partial charge in [-0.25, -0.2) is 17.6 Å². The zero-order chi connectivity index (χ0) is 29.6. The highest BCUT2D eigenvalue weighted by Crippen LogP contribution is 2.37. The van der Waals surface area contributed by atoms with E-state index in [4.69, 9.17) is 20.9 Å². The van der Waals surface area contributed by atoms with Crippen molar-refractivity contribution in [3.63, 3.8) is 0 Å². The first-order valence-corrected chi connectivity index (χ1v) is 14.4. The number of sulfone groups is 1. The normalized spacial score (nSPS) is 17.2. The Hall–Kier alpha value is -3.51. The van der Waals surface area contributed by atoms with Crippen LogP contribution in [0, 0.1) is 5.82 Å².